The standard InChI is InChI=1S/C21H17N3O4/c1-27-13-8-9-14(17(10-13)28-2)16-11-15(21(25)26)18-20(22-16)24-19(23-18)12-6-4-3-5-7-12/h3-11H,1-2H3,(H,25,26)(H,22,23,24). The molecule has 28 heavy (non-hydrogen) atoms. The molecule has 0 saturated heterocycles. The van der Waals surface area contributed by atoms with Gasteiger partial charge >= 0.3 is 5.97 Å². The van der Waals surface area contributed by atoms with Crippen LogP contribution in [0.25, 0.3) is 33.8 Å². The number of pyridine rings is 1. The van der Waals surface area contributed by atoms with Gasteiger partial charge in [-0.05, 0) is 18.2 Å². The zero-order chi connectivity index (χ0) is 19.7. The first-order valence-electron chi connectivity index (χ1n) is 8.52. The number of H-pyrrole nitrogens is 1. The lowest BCUT2D eigenvalue weighted by Crippen LogP contribution is -2.01. The second kappa shape index (κ2) is 7.03. The number of carboxylic acids is 1. The Morgan fingerprint density at radius 2 is 1.79 bits per heavy atom. The molecule has 2 aromatic carbocycles. The van der Waals surface area contributed by atoms with Gasteiger partial charge in [0, 0.05) is 17.2 Å². The van der Waals surface area contributed by atoms with Gasteiger partial charge in [-0.3, -0.25) is 0 Å². The maximum absolute atomic E-state index is 11.9. The van der Waals surface area contributed by atoms with Gasteiger partial charge in [0.05, 0.1) is 31.0 Å². The first-order valence-corrected chi connectivity index (χ1v) is 8.52. The summed E-state index contributed by atoms with van der Waals surface area (Å²) >= 11 is 0. The summed E-state index contributed by atoms with van der Waals surface area (Å²) in [7, 11) is 3.10. The Bertz CT molecular complexity index is 1170. The van der Waals surface area contributed by atoms with E-state index in [1.165, 1.54) is 13.2 Å². The van der Waals surface area contributed by atoms with Crippen LogP contribution in [0.1, 0.15) is 10.4 Å². The Hall–Kier alpha value is -3.87. The number of fused-ring (bicyclic) bond motifs is 1. The van der Waals surface area contributed by atoms with Crippen LogP contribution in [-0.2, 0) is 0 Å². The van der Waals surface area contributed by atoms with Crippen LogP contribution in [0.2, 0.25) is 0 Å². The number of imidazole rings is 1. The van der Waals surface area contributed by atoms with Crippen LogP contribution in [0.15, 0.2) is 54.6 Å². The fourth-order valence-electron chi connectivity index (χ4n) is 3.04. The third kappa shape index (κ3) is 3.03. The van der Waals surface area contributed by atoms with E-state index in [4.69, 9.17) is 9.47 Å². The fourth-order valence-corrected chi connectivity index (χ4v) is 3.04. The molecular formula is C21H17N3O4. The Kier molecular flexibility index (Phi) is 4.41. The van der Waals surface area contributed by atoms with E-state index in [2.05, 4.69) is 15.0 Å². The summed E-state index contributed by atoms with van der Waals surface area (Å²) in [6.45, 7) is 0. The molecule has 4 rings (SSSR count). The highest BCUT2D eigenvalue weighted by atomic mass is 16.5. The molecule has 0 spiro atoms. The molecule has 2 heterocycles. The fraction of sp³-hybridized carbons (Fsp3) is 0.0952. The predicted molar refractivity (Wildman–Crippen MR) is 105 cm³/mol. The topological polar surface area (TPSA) is 97.3 Å². The molecule has 4 aromatic rings. The molecule has 0 amide bonds. The van der Waals surface area contributed by atoms with Crippen LogP contribution in [0, 0.1) is 0 Å². The van der Waals surface area contributed by atoms with Crippen molar-refractivity contribution in [3.8, 4) is 34.1 Å². The lowest BCUT2D eigenvalue weighted by atomic mass is 10.1. The van der Waals surface area contributed by atoms with E-state index < -0.39 is 5.97 Å². The van der Waals surface area contributed by atoms with Crippen molar-refractivity contribution in [2.45, 2.75) is 0 Å². The van der Waals surface area contributed by atoms with Crippen molar-refractivity contribution in [2.75, 3.05) is 14.2 Å². The Balaban J connectivity index is 1.93. The first kappa shape index (κ1) is 17.5. The Morgan fingerprint density at radius 3 is 2.46 bits per heavy atom. The summed E-state index contributed by atoms with van der Waals surface area (Å²) in [5.41, 5.74) is 2.75. The van der Waals surface area contributed by atoms with Gasteiger partial charge in [0.25, 0.3) is 0 Å². The zero-order valence-electron chi connectivity index (χ0n) is 15.3. The SMILES string of the molecule is COc1ccc(-c2cc(C(=O)O)c3[nH]c(-c4ccccc4)nc3n2)c(OC)c1. The molecule has 7 nitrogen and oxygen atoms in total. The summed E-state index contributed by atoms with van der Waals surface area (Å²) < 4.78 is 10.7. The molecule has 0 atom stereocenters. The van der Waals surface area contributed by atoms with E-state index >= 15 is 0 Å². The summed E-state index contributed by atoms with van der Waals surface area (Å²) in [5, 5.41) is 9.72. The largest absolute Gasteiger partial charge is 0.497 e. The van der Waals surface area contributed by atoms with Crippen molar-refractivity contribution >= 4 is 17.1 Å². The highest BCUT2D eigenvalue weighted by molar-refractivity contribution is 6.02. The summed E-state index contributed by atoms with van der Waals surface area (Å²) in [4.78, 5) is 24.0. The minimum Gasteiger partial charge on any atom is -0.497 e. The smallest absolute Gasteiger partial charge is 0.338 e. The minimum absolute atomic E-state index is 0.0903. The number of nitrogens with one attached hydrogen (secondary N) is 1. The number of aromatic carboxylic acids is 1. The number of aromatic nitrogens is 3. The van der Waals surface area contributed by atoms with E-state index in [9.17, 15) is 9.90 Å². The van der Waals surface area contributed by atoms with Crippen molar-refractivity contribution in [2.24, 2.45) is 0 Å². The summed E-state index contributed by atoms with van der Waals surface area (Å²) in [5.74, 6) is 0.654. The number of methoxy groups -OCH3 is 2. The van der Waals surface area contributed by atoms with Crippen LogP contribution in [0.3, 0.4) is 0 Å². The van der Waals surface area contributed by atoms with Crippen molar-refractivity contribution in [3.05, 3.63) is 60.2 Å². The molecule has 0 radical (unpaired) electrons. The number of carboxylic acid groups (broad SMARTS) is 1. The number of hydrogen-bond acceptors (Lipinski definition) is 5. The average Bonchev–Trinajstić information content (AvgIpc) is 3.17. The van der Waals surface area contributed by atoms with Crippen LogP contribution < -0.4 is 9.47 Å². The van der Waals surface area contributed by atoms with Crippen LogP contribution in [-0.4, -0.2) is 40.2 Å². The zero-order valence-corrected chi connectivity index (χ0v) is 15.3. The van der Waals surface area contributed by atoms with E-state index in [1.807, 2.05) is 30.3 Å². The van der Waals surface area contributed by atoms with Gasteiger partial charge in [-0.25, -0.2) is 14.8 Å². The summed E-state index contributed by atoms with van der Waals surface area (Å²) in [6, 6.07) is 16.3. The monoisotopic (exact) mass is 375 g/mol. The normalized spacial score (nSPS) is 10.8. The Labute approximate surface area is 160 Å². The average molecular weight is 375 g/mol. The van der Waals surface area contributed by atoms with Crippen molar-refractivity contribution in [3.63, 3.8) is 0 Å². The predicted octanol–water partition coefficient (Wildman–Crippen LogP) is 4.01. The molecule has 140 valence electrons. The second-order valence-corrected chi connectivity index (χ2v) is 6.08. The van der Waals surface area contributed by atoms with Crippen molar-refractivity contribution in [1.82, 2.24) is 15.0 Å². The van der Waals surface area contributed by atoms with Crippen molar-refractivity contribution in [1.29, 1.82) is 0 Å². The van der Waals surface area contributed by atoms with Gasteiger partial charge in [0.15, 0.2) is 5.65 Å². The van der Waals surface area contributed by atoms with E-state index in [-0.39, 0.29) is 5.56 Å². The highest BCUT2D eigenvalue weighted by Crippen LogP contribution is 2.34. The van der Waals surface area contributed by atoms with Crippen LogP contribution in [0.4, 0.5) is 0 Å². The van der Waals surface area contributed by atoms with Gasteiger partial charge in [0.1, 0.15) is 17.3 Å². The number of rotatable bonds is 5. The Morgan fingerprint density at radius 1 is 1.00 bits per heavy atom. The molecule has 0 saturated carbocycles. The van der Waals surface area contributed by atoms with Gasteiger partial charge in [-0.2, -0.15) is 0 Å². The number of hydrogen-bond donors (Lipinski definition) is 2. The van der Waals surface area contributed by atoms with Gasteiger partial charge in [-0.15, -0.1) is 0 Å². The van der Waals surface area contributed by atoms with Crippen LogP contribution in [0.5, 0.6) is 11.5 Å². The van der Waals surface area contributed by atoms with Gasteiger partial charge < -0.3 is 19.6 Å². The molecule has 0 fully saturated rings. The number of ether oxygens (including phenoxy) is 2. The third-order valence-corrected chi connectivity index (χ3v) is 4.42. The van der Waals surface area contributed by atoms with Gasteiger partial charge in [0.2, 0.25) is 0 Å². The minimum atomic E-state index is -1.07. The molecule has 0 aliphatic rings. The highest BCUT2D eigenvalue weighted by Gasteiger charge is 2.19. The molecule has 7 heteroatoms. The first-order chi connectivity index (χ1) is 13.6. The molecule has 2 aromatic heterocycles. The number of nitrogens with zero attached hydrogens (tertiary/aromatic N) is 2. The number of benzene rings is 2. The maximum atomic E-state index is 11.9. The molecule has 0 aliphatic carbocycles. The van der Waals surface area contributed by atoms with Crippen LogP contribution >= 0.6 is 0 Å². The maximum Gasteiger partial charge on any atom is 0.338 e. The van der Waals surface area contributed by atoms with E-state index in [0.29, 0.717) is 39.7 Å². The van der Waals surface area contributed by atoms with Gasteiger partial charge in [-0.1, -0.05) is 30.3 Å². The third-order valence-electron chi connectivity index (χ3n) is 4.42. The van der Waals surface area contributed by atoms with E-state index in [1.54, 1.807) is 25.3 Å². The number of aromatic amines is 1. The molecule has 0 bridgehead atoms. The summed E-state index contributed by atoms with van der Waals surface area (Å²) in [6.07, 6.45) is 0. The van der Waals surface area contributed by atoms with E-state index in [0.717, 1.165) is 5.56 Å². The van der Waals surface area contributed by atoms with Crippen molar-refractivity contribution < 1.29 is 19.4 Å². The lowest BCUT2D eigenvalue weighted by Gasteiger charge is -2.10. The molecular weight excluding hydrogens is 358 g/mol. The second-order valence-electron chi connectivity index (χ2n) is 6.08. The number of carbonyl (C=O) groups is 1. The lowest BCUT2D eigenvalue weighted by molar-refractivity contribution is 0.0699. The molecule has 2 N–H and O–H groups in total. The quantitative estimate of drug-likeness (QED) is 0.547. The molecule has 0 aliphatic heterocycles. The molecule has 0 unspecified atom stereocenters.